The van der Waals surface area contributed by atoms with Gasteiger partial charge in [0.05, 0.1) is 25.7 Å². The molecular weight excluding hydrogens is 538 g/mol. The Bertz CT molecular complexity index is 1480. The number of ether oxygens (including phenoxy) is 2. The van der Waals surface area contributed by atoms with Crippen LogP contribution in [0, 0.1) is 0 Å². The number of rotatable bonds is 13. The van der Waals surface area contributed by atoms with Crippen LogP contribution >= 0.6 is 11.8 Å². The quantitative estimate of drug-likeness (QED) is 0.185. The predicted octanol–water partition coefficient (Wildman–Crippen LogP) is 3.59. The van der Waals surface area contributed by atoms with E-state index in [2.05, 4.69) is 20.5 Å². The number of benzene rings is 3. The SMILES string of the molecule is COc1ccc(S(=O)(=O)N(CC(=O)NCCSc2n[nH]c(-c3ccccc3)n2)Cc2ccccc2)cc1OC. The van der Waals surface area contributed by atoms with Crippen molar-refractivity contribution >= 4 is 27.7 Å². The van der Waals surface area contributed by atoms with E-state index in [4.69, 9.17) is 9.47 Å². The van der Waals surface area contributed by atoms with Crippen molar-refractivity contribution in [1.82, 2.24) is 24.8 Å². The summed E-state index contributed by atoms with van der Waals surface area (Å²) in [5, 5.41) is 10.5. The molecule has 1 amide bonds. The van der Waals surface area contributed by atoms with Crippen LogP contribution in [0.1, 0.15) is 5.56 Å². The molecule has 0 saturated heterocycles. The highest BCUT2D eigenvalue weighted by atomic mass is 32.2. The number of hydrogen-bond donors (Lipinski definition) is 2. The fraction of sp³-hybridized carbons (Fsp3) is 0.222. The van der Waals surface area contributed by atoms with E-state index in [1.165, 1.54) is 44.2 Å². The van der Waals surface area contributed by atoms with Crippen molar-refractivity contribution in [2.75, 3.05) is 33.1 Å². The van der Waals surface area contributed by atoms with Gasteiger partial charge in [-0.25, -0.2) is 13.4 Å². The number of carbonyl (C=O) groups is 1. The first-order valence-corrected chi connectivity index (χ1v) is 14.5. The normalized spacial score (nSPS) is 11.4. The molecule has 12 heteroatoms. The summed E-state index contributed by atoms with van der Waals surface area (Å²) in [6.07, 6.45) is 0. The maximum Gasteiger partial charge on any atom is 0.243 e. The molecule has 0 spiro atoms. The topological polar surface area (TPSA) is 127 Å². The molecule has 1 aromatic heterocycles. The second-order valence-corrected chi connectivity index (χ2v) is 11.3. The Morgan fingerprint density at radius 3 is 2.36 bits per heavy atom. The summed E-state index contributed by atoms with van der Waals surface area (Å²) < 4.78 is 38.8. The molecule has 0 bridgehead atoms. The van der Waals surface area contributed by atoms with Gasteiger partial charge in [0.15, 0.2) is 17.3 Å². The molecule has 39 heavy (non-hydrogen) atoms. The third-order valence-corrected chi connectivity index (χ3v) is 8.32. The molecule has 0 radical (unpaired) electrons. The number of thioether (sulfide) groups is 1. The van der Waals surface area contributed by atoms with Crippen LogP contribution in [-0.2, 0) is 21.4 Å². The summed E-state index contributed by atoms with van der Waals surface area (Å²) in [6, 6.07) is 23.1. The highest BCUT2D eigenvalue weighted by molar-refractivity contribution is 7.99. The molecule has 1 heterocycles. The number of nitrogens with one attached hydrogen (secondary N) is 2. The number of amides is 1. The molecule has 0 saturated carbocycles. The fourth-order valence-electron chi connectivity index (χ4n) is 3.72. The van der Waals surface area contributed by atoms with Crippen LogP contribution in [-0.4, -0.2) is 66.9 Å². The number of aromatic nitrogens is 3. The predicted molar refractivity (Wildman–Crippen MR) is 149 cm³/mol. The maximum atomic E-state index is 13.6. The van der Waals surface area contributed by atoms with Gasteiger partial charge in [-0.3, -0.25) is 9.89 Å². The average molecular weight is 568 g/mol. The van der Waals surface area contributed by atoms with Crippen molar-refractivity contribution in [3.05, 3.63) is 84.4 Å². The highest BCUT2D eigenvalue weighted by Gasteiger charge is 2.28. The Balaban J connectivity index is 1.40. The molecule has 3 aromatic carbocycles. The molecule has 2 N–H and O–H groups in total. The summed E-state index contributed by atoms with van der Waals surface area (Å²) in [4.78, 5) is 17.3. The zero-order valence-electron chi connectivity index (χ0n) is 21.5. The van der Waals surface area contributed by atoms with Crippen molar-refractivity contribution in [1.29, 1.82) is 0 Å². The largest absolute Gasteiger partial charge is 0.493 e. The van der Waals surface area contributed by atoms with Crippen LogP contribution in [0.15, 0.2) is 88.9 Å². The van der Waals surface area contributed by atoms with Crippen LogP contribution < -0.4 is 14.8 Å². The van der Waals surface area contributed by atoms with Crippen molar-refractivity contribution < 1.29 is 22.7 Å². The van der Waals surface area contributed by atoms with Crippen LogP contribution in [0.3, 0.4) is 0 Å². The first-order chi connectivity index (χ1) is 18.9. The third-order valence-electron chi connectivity index (χ3n) is 5.68. The number of methoxy groups -OCH3 is 2. The lowest BCUT2D eigenvalue weighted by molar-refractivity contribution is -0.121. The first kappa shape index (κ1) is 28.1. The van der Waals surface area contributed by atoms with Crippen LogP contribution in [0.4, 0.5) is 0 Å². The van der Waals surface area contributed by atoms with Gasteiger partial charge in [-0.1, -0.05) is 72.4 Å². The third kappa shape index (κ3) is 7.37. The number of nitrogens with zero attached hydrogens (tertiary/aromatic N) is 3. The fourth-order valence-corrected chi connectivity index (χ4v) is 5.78. The maximum absolute atomic E-state index is 13.6. The summed E-state index contributed by atoms with van der Waals surface area (Å²) >= 11 is 1.38. The van der Waals surface area contributed by atoms with E-state index in [-0.39, 0.29) is 23.7 Å². The number of H-pyrrole nitrogens is 1. The Hall–Kier alpha value is -3.87. The van der Waals surface area contributed by atoms with Gasteiger partial charge in [0.25, 0.3) is 0 Å². The minimum atomic E-state index is -4.04. The van der Waals surface area contributed by atoms with Crippen LogP contribution in [0.2, 0.25) is 0 Å². The lowest BCUT2D eigenvalue weighted by Gasteiger charge is -2.22. The van der Waals surface area contributed by atoms with Crippen molar-refractivity contribution in [3.8, 4) is 22.9 Å². The van der Waals surface area contributed by atoms with E-state index in [1.807, 2.05) is 60.7 Å². The van der Waals surface area contributed by atoms with Crippen LogP contribution in [0.25, 0.3) is 11.4 Å². The Morgan fingerprint density at radius 2 is 1.67 bits per heavy atom. The summed E-state index contributed by atoms with van der Waals surface area (Å²) in [7, 11) is -1.14. The number of aromatic amines is 1. The van der Waals surface area contributed by atoms with Gasteiger partial charge in [0.2, 0.25) is 21.1 Å². The van der Waals surface area contributed by atoms with Gasteiger partial charge in [-0.15, -0.1) is 5.10 Å². The molecule has 10 nitrogen and oxygen atoms in total. The first-order valence-electron chi connectivity index (χ1n) is 12.0. The van der Waals surface area contributed by atoms with E-state index < -0.39 is 15.9 Å². The van der Waals surface area contributed by atoms with Crippen molar-refractivity contribution in [2.24, 2.45) is 0 Å². The molecule has 0 fully saturated rings. The van der Waals surface area contributed by atoms with Crippen molar-refractivity contribution in [2.45, 2.75) is 16.6 Å². The number of hydrogen-bond acceptors (Lipinski definition) is 8. The molecule has 204 valence electrons. The Kier molecular flexibility index (Phi) is 9.58. The van der Waals surface area contributed by atoms with E-state index in [0.29, 0.717) is 29.0 Å². The van der Waals surface area contributed by atoms with Gasteiger partial charge in [0, 0.05) is 30.5 Å². The lowest BCUT2D eigenvalue weighted by Crippen LogP contribution is -2.40. The highest BCUT2D eigenvalue weighted by Crippen LogP contribution is 2.31. The van der Waals surface area contributed by atoms with Gasteiger partial charge in [-0.2, -0.15) is 4.31 Å². The minimum absolute atomic E-state index is 0.00161. The smallest absolute Gasteiger partial charge is 0.243 e. The van der Waals surface area contributed by atoms with E-state index in [0.717, 1.165) is 15.4 Å². The van der Waals surface area contributed by atoms with Gasteiger partial charge in [0.1, 0.15) is 0 Å². The number of carbonyl (C=O) groups excluding carboxylic acids is 1. The molecule has 4 rings (SSSR count). The summed E-state index contributed by atoms with van der Waals surface area (Å²) in [5.41, 5.74) is 1.68. The standard InChI is InChI=1S/C27H29N5O5S2/c1-36-23-14-13-22(17-24(23)37-2)39(34,35)32(18-20-9-5-3-6-10-20)19-25(33)28-15-16-38-27-29-26(30-31-27)21-11-7-4-8-12-21/h3-14,17H,15-16,18-19H2,1-2H3,(H,28,33)(H,29,30,31). The molecule has 0 aliphatic carbocycles. The molecule has 0 aliphatic rings. The summed E-state index contributed by atoms with van der Waals surface area (Å²) in [5.74, 6) is 1.44. The second kappa shape index (κ2) is 13.3. The van der Waals surface area contributed by atoms with Crippen LogP contribution in [0.5, 0.6) is 11.5 Å². The molecule has 4 aromatic rings. The number of sulfonamides is 1. The van der Waals surface area contributed by atoms with E-state index >= 15 is 0 Å². The molecular formula is C27H29N5O5S2. The summed E-state index contributed by atoms with van der Waals surface area (Å²) in [6.45, 7) is -0.0114. The Labute approximate surface area is 231 Å². The van der Waals surface area contributed by atoms with E-state index in [9.17, 15) is 13.2 Å². The van der Waals surface area contributed by atoms with Gasteiger partial charge in [-0.05, 0) is 17.7 Å². The monoisotopic (exact) mass is 567 g/mol. The van der Waals surface area contributed by atoms with Crippen molar-refractivity contribution in [3.63, 3.8) is 0 Å². The molecule has 0 atom stereocenters. The van der Waals surface area contributed by atoms with Gasteiger partial charge < -0.3 is 14.8 Å². The zero-order valence-corrected chi connectivity index (χ0v) is 23.2. The minimum Gasteiger partial charge on any atom is -0.493 e. The second-order valence-electron chi connectivity index (χ2n) is 8.31. The van der Waals surface area contributed by atoms with E-state index in [1.54, 1.807) is 0 Å². The lowest BCUT2D eigenvalue weighted by atomic mass is 10.2. The zero-order chi connectivity index (χ0) is 27.7. The molecule has 0 unspecified atom stereocenters. The van der Waals surface area contributed by atoms with Gasteiger partial charge >= 0.3 is 0 Å². The Morgan fingerprint density at radius 1 is 0.974 bits per heavy atom. The molecule has 0 aliphatic heterocycles. The average Bonchev–Trinajstić information content (AvgIpc) is 3.44.